The smallest absolute Gasteiger partial charge is 0.320 e. The fourth-order valence-electron chi connectivity index (χ4n) is 3.31. The zero-order valence-corrected chi connectivity index (χ0v) is 17.4. The maximum atomic E-state index is 10.6. The largest absolute Gasteiger partial charge is 0.480 e. The van der Waals surface area contributed by atoms with Gasteiger partial charge in [0, 0.05) is 0 Å². The van der Waals surface area contributed by atoms with Gasteiger partial charge in [0.25, 0.3) is 0 Å². The van der Waals surface area contributed by atoms with Gasteiger partial charge in [-0.3, -0.25) is 4.79 Å². The molecule has 0 radical (unpaired) electrons. The number of carboxylic acids is 1. The van der Waals surface area contributed by atoms with Crippen LogP contribution in [0.15, 0.2) is 0 Å². The zero-order valence-electron chi connectivity index (χ0n) is 17.4. The van der Waals surface area contributed by atoms with Crippen molar-refractivity contribution in [3.8, 4) is 0 Å². The van der Waals surface area contributed by atoms with E-state index in [-0.39, 0.29) is 0 Å². The molecule has 0 aliphatic carbocycles. The predicted molar refractivity (Wildman–Crippen MR) is 113 cm³/mol. The van der Waals surface area contributed by atoms with Crippen LogP contribution in [0, 0.1) is 0 Å². The lowest BCUT2D eigenvalue weighted by Crippen LogP contribution is -2.30. The number of nitrogens with two attached hydrogens (primary N) is 1. The van der Waals surface area contributed by atoms with E-state index in [1.807, 2.05) is 0 Å². The molecule has 0 rings (SSSR count). The molecule has 0 spiro atoms. The normalized spacial score (nSPS) is 12.4. The molecule has 0 saturated heterocycles. The van der Waals surface area contributed by atoms with Crippen molar-refractivity contribution in [2.45, 2.75) is 122 Å². The highest BCUT2D eigenvalue weighted by Gasteiger charge is 2.09. The second kappa shape index (κ2) is 20.7. The van der Waals surface area contributed by atoms with E-state index >= 15 is 0 Å². The van der Waals surface area contributed by atoms with Crippen LogP contribution in [0.1, 0.15) is 116 Å². The Morgan fingerprint density at radius 3 is 1.54 bits per heavy atom. The first-order valence-corrected chi connectivity index (χ1v) is 11.4. The Morgan fingerprint density at radius 2 is 1.12 bits per heavy atom. The quantitative estimate of drug-likeness (QED) is 0.229. The minimum Gasteiger partial charge on any atom is -0.480 e. The van der Waals surface area contributed by atoms with Crippen molar-refractivity contribution in [3.63, 3.8) is 0 Å². The second-order valence-corrected chi connectivity index (χ2v) is 7.79. The molecule has 0 saturated carbocycles. The summed E-state index contributed by atoms with van der Waals surface area (Å²) in [6, 6.07) is -0.694. The first-order valence-electron chi connectivity index (χ1n) is 11.4. The van der Waals surface area contributed by atoms with Crippen LogP contribution < -0.4 is 11.1 Å². The number of nitrogens with one attached hydrogen (secondary N) is 1. The van der Waals surface area contributed by atoms with Gasteiger partial charge < -0.3 is 16.2 Å². The first kappa shape index (κ1) is 25.4. The Hall–Kier alpha value is -0.610. The van der Waals surface area contributed by atoms with Crippen LogP contribution in [0.2, 0.25) is 0 Å². The Balaban J connectivity index is 3.04. The first-order chi connectivity index (χ1) is 12.7. The molecule has 0 aromatic heterocycles. The number of carbonyl (C=O) groups is 1. The lowest BCUT2D eigenvalue weighted by Gasteiger charge is -2.07. The molecule has 0 aromatic rings. The Kier molecular flexibility index (Phi) is 20.2. The number of hydrogen-bond donors (Lipinski definition) is 3. The van der Waals surface area contributed by atoms with Crippen LogP contribution in [-0.4, -0.2) is 30.2 Å². The molecule has 0 aliphatic heterocycles. The van der Waals surface area contributed by atoms with Gasteiger partial charge in [-0.25, -0.2) is 0 Å². The standard InChI is InChI=1S/C22H46N2O2/c1-2-3-4-5-6-7-8-9-10-11-12-13-14-16-19-24-20-17-15-18-21(23)22(25)26/h21,24H,2-20,23H2,1H3,(H,25,26)/t21-/m0/s1. The molecule has 4 heteroatoms. The second-order valence-electron chi connectivity index (χ2n) is 7.79. The third kappa shape index (κ3) is 19.7. The zero-order chi connectivity index (χ0) is 19.3. The average molecular weight is 371 g/mol. The van der Waals surface area contributed by atoms with Gasteiger partial charge in [-0.05, 0) is 32.4 Å². The minimum absolute atomic E-state index is 0.579. The number of unbranched alkanes of at least 4 members (excludes halogenated alkanes) is 14. The summed E-state index contributed by atoms with van der Waals surface area (Å²) in [6.45, 7) is 4.34. The summed E-state index contributed by atoms with van der Waals surface area (Å²) in [6.07, 6.45) is 22.0. The fourth-order valence-corrected chi connectivity index (χ4v) is 3.31. The lowest BCUT2D eigenvalue weighted by molar-refractivity contribution is -0.138. The Bertz CT molecular complexity index is 298. The van der Waals surface area contributed by atoms with E-state index in [9.17, 15) is 4.79 Å². The molecule has 4 N–H and O–H groups in total. The summed E-state index contributed by atoms with van der Waals surface area (Å²) in [5.41, 5.74) is 5.47. The summed E-state index contributed by atoms with van der Waals surface area (Å²) in [4.78, 5) is 10.6. The van der Waals surface area contributed by atoms with Gasteiger partial charge in [0.1, 0.15) is 6.04 Å². The van der Waals surface area contributed by atoms with E-state index in [2.05, 4.69) is 12.2 Å². The van der Waals surface area contributed by atoms with Crippen molar-refractivity contribution < 1.29 is 9.90 Å². The molecule has 0 aliphatic rings. The molecular weight excluding hydrogens is 324 g/mol. The van der Waals surface area contributed by atoms with E-state index in [0.29, 0.717) is 6.42 Å². The predicted octanol–water partition coefficient (Wildman–Crippen LogP) is 5.64. The third-order valence-corrected chi connectivity index (χ3v) is 5.14. The highest BCUT2D eigenvalue weighted by Crippen LogP contribution is 2.12. The van der Waals surface area contributed by atoms with Crippen LogP contribution in [0.4, 0.5) is 0 Å². The molecule has 156 valence electrons. The van der Waals surface area contributed by atoms with E-state index in [1.54, 1.807) is 0 Å². The molecule has 1 atom stereocenters. The fraction of sp³-hybridized carbons (Fsp3) is 0.955. The van der Waals surface area contributed by atoms with E-state index in [1.165, 1.54) is 89.9 Å². The van der Waals surface area contributed by atoms with E-state index in [0.717, 1.165) is 25.9 Å². The molecule has 0 unspecified atom stereocenters. The van der Waals surface area contributed by atoms with Gasteiger partial charge in [-0.15, -0.1) is 0 Å². The van der Waals surface area contributed by atoms with E-state index < -0.39 is 12.0 Å². The lowest BCUT2D eigenvalue weighted by atomic mass is 10.0. The van der Waals surface area contributed by atoms with Crippen LogP contribution in [0.25, 0.3) is 0 Å². The topological polar surface area (TPSA) is 75.3 Å². The van der Waals surface area contributed by atoms with Gasteiger partial charge in [0.2, 0.25) is 0 Å². The molecule has 0 bridgehead atoms. The van der Waals surface area contributed by atoms with Gasteiger partial charge in [0.15, 0.2) is 0 Å². The summed E-state index contributed by atoms with van der Waals surface area (Å²) >= 11 is 0. The summed E-state index contributed by atoms with van der Waals surface area (Å²) < 4.78 is 0. The molecule has 0 amide bonds. The van der Waals surface area contributed by atoms with Gasteiger partial charge in [-0.1, -0.05) is 96.8 Å². The average Bonchev–Trinajstić information content (AvgIpc) is 2.63. The van der Waals surface area contributed by atoms with Crippen LogP contribution in [0.3, 0.4) is 0 Å². The molecule has 0 fully saturated rings. The highest BCUT2D eigenvalue weighted by atomic mass is 16.4. The monoisotopic (exact) mass is 370 g/mol. The van der Waals surface area contributed by atoms with Crippen molar-refractivity contribution in [1.29, 1.82) is 0 Å². The van der Waals surface area contributed by atoms with Crippen molar-refractivity contribution in [2.75, 3.05) is 13.1 Å². The van der Waals surface area contributed by atoms with Gasteiger partial charge in [0.05, 0.1) is 0 Å². The number of hydrogen-bond acceptors (Lipinski definition) is 3. The summed E-state index contributed by atoms with van der Waals surface area (Å²) in [7, 11) is 0. The van der Waals surface area contributed by atoms with Crippen molar-refractivity contribution in [3.05, 3.63) is 0 Å². The number of rotatable bonds is 21. The summed E-state index contributed by atoms with van der Waals surface area (Å²) in [5, 5.41) is 12.1. The Morgan fingerprint density at radius 1 is 0.731 bits per heavy atom. The van der Waals surface area contributed by atoms with Gasteiger partial charge in [-0.2, -0.15) is 0 Å². The third-order valence-electron chi connectivity index (χ3n) is 5.14. The van der Waals surface area contributed by atoms with Crippen molar-refractivity contribution >= 4 is 5.97 Å². The summed E-state index contributed by atoms with van der Waals surface area (Å²) in [5.74, 6) is -0.889. The minimum atomic E-state index is -0.889. The maximum Gasteiger partial charge on any atom is 0.320 e. The SMILES string of the molecule is CCCCCCCCCCCCCCCCNCCCC[C@H](N)C(=O)O. The molecular formula is C22H46N2O2. The highest BCUT2D eigenvalue weighted by molar-refractivity contribution is 5.72. The van der Waals surface area contributed by atoms with E-state index in [4.69, 9.17) is 10.8 Å². The molecule has 26 heavy (non-hydrogen) atoms. The van der Waals surface area contributed by atoms with Crippen LogP contribution in [0.5, 0.6) is 0 Å². The van der Waals surface area contributed by atoms with Gasteiger partial charge >= 0.3 is 5.97 Å². The molecule has 0 heterocycles. The van der Waals surface area contributed by atoms with Crippen molar-refractivity contribution in [2.24, 2.45) is 5.73 Å². The number of carboxylic acid groups (broad SMARTS) is 1. The van der Waals surface area contributed by atoms with Crippen LogP contribution >= 0.6 is 0 Å². The molecule has 4 nitrogen and oxygen atoms in total. The number of aliphatic carboxylic acids is 1. The van der Waals surface area contributed by atoms with Crippen LogP contribution in [-0.2, 0) is 4.79 Å². The van der Waals surface area contributed by atoms with Crippen molar-refractivity contribution in [1.82, 2.24) is 5.32 Å². The molecule has 0 aromatic carbocycles. The Labute approximate surface area is 162 Å². The maximum absolute atomic E-state index is 10.6.